The van der Waals surface area contributed by atoms with Crippen LogP contribution in [0.4, 0.5) is 0 Å². The van der Waals surface area contributed by atoms with E-state index in [-0.39, 0.29) is 0 Å². The van der Waals surface area contributed by atoms with Crippen molar-refractivity contribution in [2.45, 2.75) is 38.8 Å². The molecule has 1 aliphatic rings. The summed E-state index contributed by atoms with van der Waals surface area (Å²) in [5, 5.41) is 30.2. The van der Waals surface area contributed by atoms with Gasteiger partial charge in [0.05, 0.1) is 16.8 Å². The van der Waals surface area contributed by atoms with Crippen LogP contribution in [-0.2, 0) is 29.1 Å². The number of aromatic nitrogens is 2. The Hall–Kier alpha value is -5.05. The second-order valence-electron chi connectivity index (χ2n) is 11.1. The van der Waals surface area contributed by atoms with Crippen LogP contribution in [0.3, 0.4) is 0 Å². The molecule has 11 heteroatoms. The summed E-state index contributed by atoms with van der Waals surface area (Å²) in [6, 6.07) is 20.2. The summed E-state index contributed by atoms with van der Waals surface area (Å²) in [5.41, 5.74) is 4.62. The fraction of sp³-hybridized carbons (Fsp3) is 0.324. The van der Waals surface area contributed by atoms with Crippen molar-refractivity contribution in [1.82, 2.24) is 19.9 Å². The molecule has 234 valence electrons. The van der Waals surface area contributed by atoms with Gasteiger partial charge in [-0.15, -0.1) is 0 Å². The number of carboxylic acids is 2. The Balaban J connectivity index is 0.000000510. The highest BCUT2D eigenvalue weighted by molar-refractivity contribution is 5.89. The van der Waals surface area contributed by atoms with E-state index in [9.17, 15) is 9.59 Å². The van der Waals surface area contributed by atoms with Gasteiger partial charge in [-0.1, -0.05) is 35.5 Å². The molecule has 0 aliphatic carbocycles. The largest absolute Gasteiger partial charge is 0.478 e. The molecule has 0 spiro atoms. The maximum atomic E-state index is 9.55. The predicted molar refractivity (Wildman–Crippen MR) is 168 cm³/mol. The minimum Gasteiger partial charge on any atom is -0.478 e. The minimum atomic E-state index is -1.26. The summed E-state index contributed by atoms with van der Waals surface area (Å²) in [7, 11) is 4.04. The third-order valence-electron chi connectivity index (χ3n) is 7.44. The van der Waals surface area contributed by atoms with Gasteiger partial charge in [0.2, 0.25) is 5.88 Å². The van der Waals surface area contributed by atoms with Gasteiger partial charge in [0, 0.05) is 42.9 Å². The molecule has 3 heterocycles. The van der Waals surface area contributed by atoms with Gasteiger partial charge in [-0.25, -0.2) is 14.6 Å². The maximum absolute atomic E-state index is 9.55. The zero-order valence-electron chi connectivity index (χ0n) is 25.4. The Morgan fingerprint density at radius 3 is 2.38 bits per heavy atom. The van der Waals surface area contributed by atoms with Gasteiger partial charge in [0.25, 0.3) is 0 Å². The van der Waals surface area contributed by atoms with Gasteiger partial charge < -0.3 is 24.4 Å². The Morgan fingerprint density at radius 2 is 1.78 bits per heavy atom. The van der Waals surface area contributed by atoms with Gasteiger partial charge in [-0.05, 0) is 82.5 Å². The van der Waals surface area contributed by atoms with Crippen LogP contribution in [0.5, 0.6) is 11.6 Å². The Kier molecular flexibility index (Phi) is 11.8. The zero-order valence-corrected chi connectivity index (χ0v) is 25.4. The van der Waals surface area contributed by atoms with Crippen molar-refractivity contribution in [1.29, 1.82) is 5.26 Å². The molecule has 45 heavy (non-hydrogen) atoms. The predicted octanol–water partition coefficient (Wildman–Crippen LogP) is 5.50. The first kappa shape index (κ1) is 32.9. The van der Waals surface area contributed by atoms with Crippen molar-refractivity contribution >= 4 is 22.9 Å². The molecule has 5 rings (SSSR count). The molecule has 0 radical (unpaired) electrons. The van der Waals surface area contributed by atoms with Crippen molar-refractivity contribution in [3.05, 3.63) is 95.3 Å². The second-order valence-corrected chi connectivity index (χ2v) is 11.1. The minimum absolute atomic E-state index is 0.441. The first-order valence-electron chi connectivity index (χ1n) is 14.7. The highest BCUT2D eigenvalue weighted by Gasteiger charge is 2.22. The number of hydrogen-bond donors (Lipinski definition) is 2. The summed E-state index contributed by atoms with van der Waals surface area (Å²) in [4.78, 5) is 28.0. The number of nitrogens with zero attached hydrogens (tertiary/aromatic N) is 5. The number of rotatable bonds is 11. The van der Waals surface area contributed by atoms with Crippen LogP contribution < -0.4 is 4.74 Å². The molecule has 11 nitrogen and oxygen atoms in total. The molecule has 2 aromatic carbocycles. The van der Waals surface area contributed by atoms with Gasteiger partial charge in [-0.2, -0.15) is 5.26 Å². The van der Waals surface area contributed by atoms with Crippen LogP contribution in [0.15, 0.2) is 77.5 Å². The van der Waals surface area contributed by atoms with E-state index in [2.05, 4.69) is 56.3 Å². The number of nitriles is 1. The molecule has 1 fully saturated rings. The summed E-state index contributed by atoms with van der Waals surface area (Å²) < 4.78 is 12.0. The summed E-state index contributed by atoms with van der Waals surface area (Å²) in [5.74, 6) is -0.673. The molecule has 1 saturated heterocycles. The number of carbonyl (C=O) groups is 2. The van der Waals surface area contributed by atoms with E-state index in [4.69, 9.17) is 24.7 Å². The smallest absolute Gasteiger partial charge is 0.328 e. The van der Waals surface area contributed by atoms with E-state index < -0.39 is 11.9 Å². The van der Waals surface area contributed by atoms with E-state index in [0.717, 1.165) is 54.7 Å². The number of likely N-dealkylation sites (tertiary alicyclic amines) is 1. The Bertz CT molecular complexity index is 1620. The first-order chi connectivity index (χ1) is 21.7. The van der Waals surface area contributed by atoms with E-state index >= 15 is 0 Å². The lowest BCUT2D eigenvalue weighted by atomic mass is 9.91. The molecule has 0 unspecified atom stereocenters. The van der Waals surface area contributed by atoms with Gasteiger partial charge in [-0.3, -0.25) is 4.90 Å². The average molecular weight is 612 g/mol. The van der Waals surface area contributed by atoms with Crippen LogP contribution in [0, 0.1) is 17.2 Å². The number of benzene rings is 2. The monoisotopic (exact) mass is 611 g/mol. The highest BCUT2D eigenvalue weighted by atomic mass is 16.5. The summed E-state index contributed by atoms with van der Waals surface area (Å²) >= 11 is 0. The fourth-order valence-corrected chi connectivity index (χ4v) is 5.21. The number of carboxylic acid groups (broad SMARTS) is 2. The molecule has 4 aromatic rings. The number of piperidine rings is 1. The number of pyridine rings is 1. The first-order valence-corrected chi connectivity index (χ1v) is 14.7. The van der Waals surface area contributed by atoms with Gasteiger partial charge >= 0.3 is 11.9 Å². The number of aliphatic carboxylic acids is 2. The van der Waals surface area contributed by atoms with Crippen LogP contribution in [0.25, 0.3) is 11.0 Å². The molecule has 0 bridgehead atoms. The van der Waals surface area contributed by atoms with Crippen LogP contribution in [0.2, 0.25) is 0 Å². The fourth-order valence-electron chi connectivity index (χ4n) is 5.21. The quantitative estimate of drug-likeness (QED) is 0.207. The van der Waals surface area contributed by atoms with Gasteiger partial charge in [0.15, 0.2) is 5.58 Å². The third-order valence-corrected chi connectivity index (χ3v) is 7.44. The second kappa shape index (κ2) is 16.1. The lowest BCUT2D eigenvalue weighted by Crippen LogP contribution is -2.33. The SMILES string of the molecule is CN(C)Cc1c(Oc2ccc(C#N)cn2)ccc2c(CCC3CCN(Cc4ccccc4)CC3)noc12.O=C(O)/C=C/C(=O)O. The number of ether oxygens (including phenoxy) is 1. The van der Waals surface area contributed by atoms with E-state index in [1.165, 1.54) is 24.6 Å². The van der Waals surface area contributed by atoms with E-state index in [1.807, 2.05) is 26.2 Å². The number of aryl methyl sites for hydroxylation is 1. The van der Waals surface area contributed by atoms with E-state index in [0.29, 0.717) is 41.8 Å². The molecule has 0 amide bonds. The molecule has 0 atom stereocenters. The Labute approximate surface area is 261 Å². The molecule has 0 saturated carbocycles. The number of hydrogen-bond acceptors (Lipinski definition) is 9. The standard InChI is InChI=1S/C30H33N5O2.C4H4O4/c1-34(2)21-26-28(36-29-13-9-24(18-31)19-32-29)12-10-25-27(33-37-30(25)26)11-8-22-14-16-35(17-15-22)20-23-6-4-3-5-7-23;5-3(6)1-2-4(7)8/h3-7,9-10,12-13,19,22H,8,11,14-17,20-21H2,1-2H3;1-2H,(H,5,6)(H,7,8)/b;2-1+. The maximum Gasteiger partial charge on any atom is 0.328 e. The van der Waals surface area contributed by atoms with Crippen molar-refractivity contribution in [2.24, 2.45) is 5.92 Å². The molecule has 1 aliphatic heterocycles. The normalized spacial score (nSPS) is 13.8. The van der Waals surface area contributed by atoms with Crippen molar-refractivity contribution in [3.63, 3.8) is 0 Å². The molecular weight excluding hydrogens is 574 g/mol. The molecule has 2 N–H and O–H groups in total. The van der Waals surface area contributed by atoms with Crippen LogP contribution in [-0.4, -0.2) is 69.3 Å². The van der Waals surface area contributed by atoms with Crippen LogP contribution >= 0.6 is 0 Å². The van der Waals surface area contributed by atoms with Crippen molar-refractivity contribution in [3.8, 4) is 17.7 Å². The highest BCUT2D eigenvalue weighted by Crippen LogP contribution is 2.34. The van der Waals surface area contributed by atoms with Crippen molar-refractivity contribution in [2.75, 3.05) is 27.2 Å². The van der Waals surface area contributed by atoms with Crippen LogP contribution in [0.1, 0.15) is 41.6 Å². The average Bonchev–Trinajstić information content (AvgIpc) is 3.45. The summed E-state index contributed by atoms with van der Waals surface area (Å²) in [6.07, 6.45) is 7.11. The van der Waals surface area contributed by atoms with E-state index in [1.54, 1.807) is 12.1 Å². The lowest BCUT2D eigenvalue weighted by molar-refractivity contribution is -0.134. The topological polar surface area (TPSA) is 153 Å². The lowest BCUT2D eigenvalue weighted by Gasteiger charge is -2.31. The Morgan fingerprint density at radius 1 is 1.07 bits per heavy atom. The van der Waals surface area contributed by atoms with Gasteiger partial charge in [0.1, 0.15) is 11.8 Å². The zero-order chi connectivity index (χ0) is 32.2. The van der Waals surface area contributed by atoms with Crippen molar-refractivity contribution < 1.29 is 29.1 Å². The number of fused-ring (bicyclic) bond motifs is 1. The molecule has 2 aromatic heterocycles. The third kappa shape index (κ3) is 9.99. The summed E-state index contributed by atoms with van der Waals surface area (Å²) in [6.45, 7) is 3.99. The molecular formula is C34H37N5O6.